The Bertz CT molecular complexity index is 1720. The summed E-state index contributed by atoms with van der Waals surface area (Å²) in [5, 5.41) is 2.63. The smallest absolute Gasteiger partial charge is 0.415 e. The predicted octanol–water partition coefficient (Wildman–Crippen LogP) is 5.77. The van der Waals surface area contributed by atoms with Gasteiger partial charge in [0.15, 0.2) is 0 Å². The van der Waals surface area contributed by atoms with Gasteiger partial charge in [0.1, 0.15) is 17.2 Å². The second-order valence-electron chi connectivity index (χ2n) is 12.6. The van der Waals surface area contributed by atoms with E-state index in [1.807, 2.05) is 19.1 Å². The Morgan fingerprint density at radius 3 is 2.43 bits per heavy atom. The van der Waals surface area contributed by atoms with Gasteiger partial charge in [-0.1, -0.05) is 12.1 Å². The van der Waals surface area contributed by atoms with Gasteiger partial charge in [-0.3, -0.25) is 19.1 Å². The summed E-state index contributed by atoms with van der Waals surface area (Å²) in [5.41, 5.74) is 4.91. The van der Waals surface area contributed by atoms with Crippen molar-refractivity contribution in [3.63, 3.8) is 0 Å². The minimum Gasteiger partial charge on any atom is -0.494 e. The van der Waals surface area contributed by atoms with E-state index < -0.39 is 27.6 Å². The van der Waals surface area contributed by atoms with Gasteiger partial charge in [0, 0.05) is 55.8 Å². The fraction of sp³-hybridized carbons (Fsp3) is 0.429. The molecule has 1 saturated carbocycles. The van der Waals surface area contributed by atoms with Gasteiger partial charge in [0.05, 0.1) is 18.9 Å². The van der Waals surface area contributed by atoms with E-state index >= 15 is 0 Å². The van der Waals surface area contributed by atoms with Crippen molar-refractivity contribution in [2.24, 2.45) is 0 Å². The van der Waals surface area contributed by atoms with Gasteiger partial charge in [-0.05, 0) is 97.3 Å². The van der Waals surface area contributed by atoms with Crippen molar-refractivity contribution < 1.29 is 36.4 Å². The van der Waals surface area contributed by atoms with Gasteiger partial charge in [-0.15, -0.1) is 0 Å². The van der Waals surface area contributed by atoms with Crippen LogP contribution in [0, 0.1) is 5.82 Å². The van der Waals surface area contributed by atoms with E-state index in [-0.39, 0.29) is 24.7 Å². The fourth-order valence-corrected chi connectivity index (χ4v) is 6.97. The first-order chi connectivity index (χ1) is 22.5. The molecule has 3 aromatic rings. The molecule has 3 fully saturated rings. The Balaban J connectivity index is 1.08. The summed E-state index contributed by atoms with van der Waals surface area (Å²) in [4.78, 5) is 29.4. The third-order valence-electron chi connectivity index (χ3n) is 9.14. The SMILES string of the molecule is CCOc1cc(-c2ccc(F)cc2)c(C2CC2)cc1CN1CCC2(CC1)CN(c1ccc(C(=O)NCCCS(=O)(=O)O)cc1)C(=O)O2. The van der Waals surface area contributed by atoms with Crippen molar-refractivity contribution in [1.29, 1.82) is 0 Å². The van der Waals surface area contributed by atoms with E-state index in [0.717, 1.165) is 48.4 Å². The minimum atomic E-state index is -4.07. The van der Waals surface area contributed by atoms with E-state index in [2.05, 4.69) is 22.3 Å². The summed E-state index contributed by atoms with van der Waals surface area (Å²) in [6.07, 6.45) is 3.35. The van der Waals surface area contributed by atoms with Crippen molar-refractivity contribution in [3.05, 3.63) is 83.2 Å². The molecule has 0 atom stereocenters. The highest BCUT2D eigenvalue weighted by atomic mass is 32.2. The molecule has 0 unspecified atom stereocenters. The molecule has 1 spiro atoms. The van der Waals surface area contributed by atoms with Crippen LogP contribution in [-0.4, -0.2) is 74.0 Å². The standard InChI is InChI=1S/C35H40FN3O7S/c1-2-45-32-21-31(25-6-10-28(36)11-7-25)30(24-4-5-24)20-27(32)22-38-17-14-35(15-18-38)23-39(34(41)46-35)29-12-8-26(9-13-29)33(40)37-16-3-19-47(42,43)44/h6-13,20-21,24H,2-5,14-19,22-23H2,1H3,(H,37,40)(H,42,43,44). The molecule has 2 heterocycles. The third-order valence-corrected chi connectivity index (χ3v) is 9.95. The third kappa shape index (κ3) is 7.94. The molecule has 250 valence electrons. The largest absolute Gasteiger partial charge is 0.494 e. The predicted molar refractivity (Wildman–Crippen MR) is 176 cm³/mol. The Labute approximate surface area is 274 Å². The van der Waals surface area contributed by atoms with E-state index in [4.69, 9.17) is 14.0 Å². The summed E-state index contributed by atoms with van der Waals surface area (Å²) in [7, 11) is -4.07. The number of nitrogens with zero attached hydrogens (tertiary/aromatic N) is 2. The van der Waals surface area contributed by atoms with E-state index in [1.54, 1.807) is 29.2 Å². The van der Waals surface area contributed by atoms with Crippen LogP contribution in [0.5, 0.6) is 5.75 Å². The Hall–Kier alpha value is -4.00. The summed E-state index contributed by atoms with van der Waals surface area (Å²) >= 11 is 0. The maximum absolute atomic E-state index is 13.7. The molecule has 0 radical (unpaired) electrons. The van der Waals surface area contributed by atoms with Gasteiger partial charge < -0.3 is 14.8 Å². The summed E-state index contributed by atoms with van der Waals surface area (Å²) in [5.74, 6) is 0.284. The van der Waals surface area contributed by atoms with Crippen LogP contribution in [0.15, 0.2) is 60.7 Å². The second kappa shape index (κ2) is 13.6. The Kier molecular flexibility index (Phi) is 9.54. The maximum Gasteiger partial charge on any atom is 0.415 e. The number of carbonyl (C=O) groups excluding carboxylic acids is 2. The lowest BCUT2D eigenvalue weighted by atomic mass is 9.90. The van der Waals surface area contributed by atoms with Crippen LogP contribution in [0.25, 0.3) is 11.1 Å². The summed E-state index contributed by atoms with van der Waals surface area (Å²) in [6, 6.07) is 17.7. The van der Waals surface area contributed by atoms with E-state index in [9.17, 15) is 22.4 Å². The number of halogens is 1. The molecule has 1 aliphatic carbocycles. The lowest BCUT2D eigenvalue weighted by molar-refractivity contribution is -0.00112. The molecule has 3 aromatic carbocycles. The number of ether oxygens (including phenoxy) is 2. The number of hydrogen-bond acceptors (Lipinski definition) is 7. The van der Waals surface area contributed by atoms with E-state index in [1.165, 1.54) is 17.7 Å². The maximum atomic E-state index is 13.7. The topological polar surface area (TPSA) is 125 Å². The molecule has 2 aliphatic heterocycles. The monoisotopic (exact) mass is 665 g/mol. The van der Waals surface area contributed by atoms with Crippen LogP contribution in [0.3, 0.4) is 0 Å². The average molecular weight is 666 g/mol. The lowest BCUT2D eigenvalue weighted by Gasteiger charge is -2.37. The lowest BCUT2D eigenvalue weighted by Crippen LogP contribution is -2.46. The number of piperidine rings is 1. The molecule has 10 nitrogen and oxygen atoms in total. The normalized spacial score (nSPS) is 17.9. The molecule has 2 N–H and O–H groups in total. The molecule has 0 aromatic heterocycles. The molecule has 12 heteroatoms. The summed E-state index contributed by atoms with van der Waals surface area (Å²) < 4.78 is 56.3. The number of amides is 2. The number of nitrogens with one attached hydrogen (secondary N) is 1. The van der Waals surface area contributed by atoms with Gasteiger partial charge in [0.25, 0.3) is 16.0 Å². The van der Waals surface area contributed by atoms with Crippen molar-refractivity contribution in [2.45, 2.75) is 57.1 Å². The van der Waals surface area contributed by atoms with Gasteiger partial charge >= 0.3 is 6.09 Å². The van der Waals surface area contributed by atoms with Crippen molar-refractivity contribution in [2.75, 3.05) is 43.4 Å². The molecule has 2 saturated heterocycles. The number of rotatable bonds is 12. The first kappa shape index (κ1) is 32.9. The minimum absolute atomic E-state index is 0.0980. The van der Waals surface area contributed by atoms with Gasteiger partial charge in [0.2, 0.25) is 0 Å². The molecule has 0 bridgehead atoms. The van der Waals surface area contributed by atoms with Crippen molar-refractivity contribution in [3.8, 4) is 16.9 Å². The molecule has 2 amide bonds. The molecule has 47 heavy (non-hydrogen) atoms. The first-order valence-electron chi connectivity index (χ1n) is 16.1. The quantitative estimate of drug-likeness (QED) is 0.185. The van der Waals surface area contributed by atoms with Crippen LogP contribution in [0.4, 0.5) is 14.9 Å². The van der Waals surface area contributed by atoms with Crippen LogP contribution in [0.2, 0.25) is 0 Å². The molecular formula is C35H40FN3O7S. The van der Waals surface area contributed by atoms with Crippen LogP contribution >= 0.6 is 0 Å². The summed E-state index contributed by atoms with van der Waals surface area (Å²) in [6.45, 7) is 5.25. The molecule has 6 rings (SSSR count). The first-order valence-corrected chi connectivity index (χ1v) is 17.8. The zero-order valence-corrected chi connectivity index (χ0v) is 27.2. The molecular weight excluding hydrogens is 625 g/mol. The second-order valence-corrected chi connectivity index (χ2v) is 14.2. The number of likely N-dealkylation sites (tertiary alicyclic amines) is 1. The molecule has 3 aliphatic rings. The van der Waals surface area contributed by atoms with E-state index in [0.29, 0.717) is 49.7 Å². The van der Waals surface area contributed by atoms with Crippen LogP contribution in [-0.2, 0) is 21.4 Å². The number of anilines is 1. The Morgan fingerprint density at radius 2 is 1.79 bits per heavy atom. The van der Waals surface area contributed by atoms with Crippen molar-refractivity contribution in [1.82, 2.24) is 10.2 Å². The number of carbonyl (C=O) groups is 2. The van der Waals surface area contributed by atoms with Gasteiger partial charge in [-0.2, -0.15) is 8.42 Å². The fourth-order valence-electron chi connectivity index (χ4n) is 6.46. The van der Waals surface area contributed by atoms with Crippen molar-refractivity contribution >= 4 is 27.8 Å². The highest BCUT2D eigenvalue weighted by molar-refractivity contribution is 7.85. The highest BCUT2D eigenvalue weighted by Crippen LogP contribution is 2.47. The van der Waals surface area contributed by atoms with Crippen LogP contribution in [0.1, 0.15) is 66.4 Å². The Morgan fingerprint density at radius 1 is 1.09 bits per heavy atom. The highest BCUT2D eigenvalue weighted by Gasteiger charge is 2.47. The number of benzene rings is 3. The van der Waals surface area contributed by atoms with Gasteiger partial charge in [-0.25, -0.2) is 9.18 Å². The van der Waals surface area contributed by atoms with Crippen LogP contribution < -0.4 is 15.0 Å². The average Bonchev–Trinajstić information content (AvgIpc) is 3.84. The zero-order chi connectivity index (χ0) is 33.2. The zero-order valence-electron chi connectivity index (χ0n) is 26.4. The number of hydrogen-bond donors (Lipinski definition) is 2.